The largest absolute Gasteiger partial charge is 0.493 e. The molecule has 0 aliphatic heterocycles. The van der Waals surface area contributed by atoms with Crippen LogP contribution in [0.2, 0.25) is 5.02 Å². The Bertz CT molecular complexity index is 1090. The predicted octanol–water partition coefficient (Wildman–Crippen LogP) is 4.81. The first-order valence-corrected chi connectivity index (χ1v) is 10.3. The molecule has 0 saturated heterocycles. The Morgan fingerprint density at radius 3 is 2.35 bits per heavy atom. The molecule has 3 aromatic rings. The maximum atomic E-state index is 12.0. The Morgan fingerprint density at radius 1 is 1.00 bits per heavy atom. The zero-order valence-electron chi connectivity index (χ0n) is 18.2. The molecule has 164 valence electrons. The van der Waals surface area contributed by atoms with Crippen LogP contribution in [0.4, 0.5) is 0 Å². The molecule has 31 heavy (non-hydrogen) atoms. The molecular weight excluding hydrogens is 416 g/mol. The summed E-state index contributed by atoms with van der Waals surface area (Å²) in [6.45, 7) is 5.21. The maximum absolute atomic E-state index is 12.0. The normalized spacial score (nSPS) is 10.9. The molecule has 0 saturated carbocycles. The summed E-state index contributed by atoms with van der Waals surface area (Å²) in [6.07, 6.45) is 0. The number of aromatic carboxylic acids is 1. The van der Waals surface area contributed by atoms with Crippen molar-refractivity contribution in [2.45, 2.75) is 33.5 Å². The number of benzene rings is 2. The van der Waals surface area contributed by atoms with Gasteiger partial charge in [0.1, 0.15) is 0 Å². The highest BCUT2D eigenvalue weighted by atomic mass is 35.5. The van der Waals surface area contributed by atoms with Crippen LogP contribution in [-0.4, -0.2) is 29.9 Å². The van der Waals surface area contributed by atoms with Crippen molar-refractivity contribution in [3.8, 4) is 11.5 Å². The lowest BCUT2D eigenvalue weighted by Gasteiger charge is -2.14. The highest BCUT2D eigenvalue weighted by Gasteiger charge is 2.23. The van der Waals surface area contributed by atoms with E-state index < -0.39 is 5.97 Å². The molecule has 2 N–H and O–H groups in total. The zero-order chi connectivity index (χ0) is 22.5. The molecule has 3 rings (SSSR count). The Morgan fingerprint density at radius 2 is 1.71 bits per heavy atom. The molecule has 7 heteroatoms. The van der Waals surface area contributed by atoms with Gasteiger partial charge in [0.15, 0.2) is 11.5 Å². The number of carboxylic acid groups (broad SMARTS) is 1. The molecule has 0 fully saturated rings. The number of hydrogen-bond donors (Lipinski definition) is 2. The Kier molecular flexibility index (Phi) is 7.25. The number of rotatable bonds is 9. The monoisotopic (exact) mass is 442 g/mol. The maximum Gasteiger partial charge on any atom is 0.337 e. The van der Waals surface area contributed by atoms with Crippen LogP contribution in [-0.2, 0) is 19.6 Å². The van der Waals surface area contributed by atoms with Gasteiger partial charge < -0.3 is 24.5 Å². The molecular formula is C24H27ClN2O4. The summed E-state index contributed by atoms with van der Waals surface area (Å²) < 4.78 is 12.8. The number of ether oxygens (including phenoxy) is 2. The van der Waals surface area contributed by atoms with Gasteiger partial charge in [0.2, 0.25) is 0 Å². The minimum absolute atomic E-state index is 0.328. The summed E-state index contributed by atoms with van der Waals surface area (Å²) in [5, 5.41) is 13.9. The third kappa shape index (κ3) is 4.70. The van der Waals surface area contributed by atoms with E-state index in [1.807, 2.05) is 60.9 Å². The van der Waals surface area contributed by atoms with Crippen LogP contribution in [0.1, 0.15) is 38.4 Å². The molecule has 0 bridgehead atoms. The van der Waals surface area contributed by atoms with Crippen molar-refractivity contribution in [1.29, 1.82) is 0 Å². The third-order valence-electron chi connectivity index (χ3n) is 5.51. The van der Waals surface area contributed by atoms with Crippen LogP contribution in [0.15, 0.2) is 42.5 Å². The third-order valence-corrected chi connectivity index (χ3v) is 5.88. The second-order valence-electron chi connectivity index (χ2n) is 7.26. The molecule has 0 aliphatic rings. The van der Waals surface area contributed by atoms with Crippen molar-refractivity contribution >= 4 is 17.6 Å². The Labute approximate surface area is 187 Å². The Balaban J connectivity index is 1.86. The molecule has 0 amide bonds. The first kappa shape index (κ1) is 22.7. The van der Waals surface area contributed by atoms with Gasteiger partial charge in [-0.2, -0.15) is 0 Å². The lowest BCUT2D eigenvalue weighted by molar-refractivity contribution is 0.0694. The smallest absolute Gasteiger partial charge is 0.337 e. The number of nitrogens with zero attached hydrogens (tertiary/aromatic N) is 1. The molecule has 1 heterocycles. The number of aromatic nitrogens is 1. The summed E-state index contributed by atoms with van der Waals surface area (Å²) in [7, 11) is 3.20. The molecule has 0 radical (unpaired) electrons. The van der Waals surface area contributed by atoms with Crippen molar-refractivity contribution in [3.63, 3.8) is 0 Å². The minimum Gasteiger partial charge on any atom is -0.493 e. The van der Waals surface area contributed by atoms with Gasteiger partial charge in [-0.05, 0) is 31.5 Å². The molecule has 0 atom stereocenters. The fraction of sp³-hybridized carbons (Fsp3) is 0.292. The van der Waals surface area contributed by atoms with Crippen molar-refractivity contribution in [3.05, 3.63) is 81.1 Å². The topological polar surface area (TPSA) is 72.7 Å². The highest BCUT2D eigenvalue weighted by molar-refractivity contribution is 6.31. The van der Waals surface area contributed by atoms with Gasteiger partial charge >= 0.3 is 5.97 Å². The fourth-order valence-corrected chi connectivity index (χ4v) is 4.09. The van der Waals surface area contributed by atoms with Crippen LogP contribution in [0.5, 0.6) is 11.5 Å². The summed E-state index contributed by atoms with van der Waals surface area (Å²) in [6, 6.07) is 13.3. The van der Waals surface area contributed by atoms with E-state index in [0.29, 0.717) is 47.4 Å². The second-order valence-corrected chi connectivity index (χ2v) is 7.67. The lowest BCUT2D eigenvalue weighted by Crippen LogP contribution is -2.16. The molecule has 0 unspecified atom stereocenters. The summed E-state index contributed by atoms with van der Waals surface area (Å²) in [5.41, 5.74) is 4.58. The predicted molar refractivity (Wildman–Crippen MR) is 122 cm³/mol. The molecule has 0 aliphatic carbocycles. The Hall–Kier alpha value is -2.96. The second kappa shape index (κ2) is 9.90. The summed E-state index contributed by atoms with van der Waals surface area (Å²) in [4.78, 5) is 12.0. The lowest BCUT2D eigenvalue weighted by atomic mass is 10.1. The van der Waals surface area contributed by atoms with Crippen LogP contribution >= 0.6 is 11.6 Å². The molecule has 1 aromatic heterocycles. The van der Waals surface area contributed by atoms with E-state index in [1.54, 1.807) is 14.2 Å². The first-order valence-electron chi connectivity index (χ1n) is 9.94. The number of hydrogen-bond acceptors (Lipinski definition) is 4. The summed E-state index contributed by atoms with van der Waals surface area (Å²) in [5.74, 6) is 0.389. The van der Waals surface area contributed by atoms with Gasteiger partial charge in [-0.15, -0.1) is 0 Å². The highest BCUT2D eigenvalue weighted by Crippen LogP contribution is 2.31. The number of carboxylic acids is 1. The molecule has 2 aromatic carbocycles. The van der Waals surface area contributed by atoms with Gasteiger partial charge in [-0.25, -0.2) is 4.79 Å². The minimum atomic E-state index is -0.936. The molecule has 6 nitrogen and oxygen atoms in total. The van der Waals surface area contributed by atoms with Crippen molar-refractivity contribution in [1.82, 2.24) is 9.88 Å². The van der Waals surface area contributed by atoms with Crippen LogP contribution in [0.3, 0.4) is 0 Å². The van der Waals surface area contributed by atoms with Gasteiger partial charge in [-0.1, -0.05) is 41.9 Å². The zero-order valence-corrected chi connectivity index (χ0v) is 18.9. The number of halogens is 1. The number of methoxy groups -OCH3 is 2. The van der Waals surface area contributed by atoms with Crippen LogP contribution in [0.25, 0.3) is 0 Å². The van der Waals surface area contributed by atoms with Gasteiger partial charge in [-0.3, -0.25) is 0 Å². The van der Waals surface area contributed by atoms with Crippen LogP contribution < -0.4 is 14.8 Å². The van der Waals surface area contributed by atoms with Crippen molar-refractivity contribution in [2.24, 2.45) is 0 Å². The number of carbonyl (C=O) groups is 1. The average Bonchev–Trinajstić information content (AvgIpc) is 2.99. The standard InChI is InChI=1S/C24H27ClN2O4/c1-15-19(13-26-12-17-9-7-11-21(30-3)23(17)31-4)22(24(28)29)16(2)27(15)14-18-8-5-6-10-20(18)25/h5-11,26H,12-14H2,1-4H3,(H,28,29). The van der Waals surface area contributed by atoms with E-state index in [0.717, 1.165) is 22.4 Å². The van der Waals surface area contributed by atoms with E-state index in [-0.39, 0.29) is 0 Å². The van der Waals surface area contributed by atoms with E-state index in [2.05, 4.69) is 5.32 Å². The van der Waals surface area contributed by atoms with Crippen LogP contribution in [0, 0.1) is 13.8 Å². The average molecular weight is 443 g/mol. The first-order chi connectivity index (χ1) is 14.9. The summed E-state index contributed by atoms with van der Waals surface area (Å²) >= 11 is 6.33. The van der Waals surface area contributed by atoms with Crippen molar-refractivity contribution < 1.29 is 19.4 Å². The van der Waals surface area contributed by atoms with Gasteiger partial charge in [0.25, 0.3) is 0 Å². The quantitative estimate of drug-likeness (QED) is 0.497. The van der Waals surface area contributed by atoms with Gasteiger partial charge in [0, 0.05) is 47.2 Å². The van der Waals surface area contributed by atoms with Gasteiger partial charge in [0.05, 0.1) is 19.8 Å². The SMILES string of the molecule is COc1cccc(CNCc2c(C(=O)O)c(C)n(Cc3ccccc3Cl)c2C)c1OC. The number of nitrogens with one attached hydrogen (secondary N) is 1. The van der Waals surface area contributed by atoms with E-state index in [1.165, 1.54) is 0 Å². The van der Waals surface area contributed by atoms with E-state index in [4.69, 9.17) is 21.1 Å². The fourth-order valence-electron chi connectivity index (χ4n) is 3.90. The number of para-hydroxylation sites is 1. The van der Waals surface area contributed by atoms with E-state index >= 15 is 0 Å². The van der Waals surface area contributed by atoms with E-state index in [9.17, 15) is 9.90 Å². The molecule has 0 spiro atoms. The van der Waals surface area contributed by atoms with Crippen molar-refractivity contribution in [2.75, 3.05) is 14.2 Å².